The number of hydrogen-bond acceptors (Lipinski definition) is 3. The van der Waals surface area contributed by atoms with Crippen LogP contribution in [0.1, 0.15) is 26.7 Å². The van der Waals surface area contributed by atoms with E-state index >= 15 is 0 Å². The largest absolute Gasteiger partial charge is 0.481 e. The molecule has 4 heteroatoms. The summed E-state index contributed by atoms with van der Waals surface area (Å²) in [5, 5.41) is 19.1. The summed E-state index contributed by atoms with van der Waals surface area (Å²) in [4.78, 5) is 13.0. The van der Waals surface area contributed by atoms with E-state index in [0.717, 1.165) is 6.54 Å². The third kappa shape index (κ3) is 2.07. The molecule has 0 aromatic heterocycles. The van der Waals surface area contributed by atoms with Crippen LogP contribution in [-0.4, -0.2) is 46.3 Å². The van der Waals surface area contributed by atoms with Gasteiger partial charge in [0.25, 0.3) is 0 Å². The molecule has 1 aliphatic rings. The van der Waals surface area contributed by atoms with Crippen LogP contribution in [0.3, 0.4) is 0 Å². The zero-order chi connectivity index (χ0) is 10.9. The van der Waals surface area contributed by atoms with Crippen LogP contribution in [0.25, 0.3) is 0 Å². The Labute approximate surface area is 84.5 Å². The molecule has 0 saturated carbocycles. The van der Waals surface area contributed by atoms with Gasteiger partial charge in [0, 0.05) is 12.6 Å². The maximum absolute atomic E-state index is 10.8. The smallest absolute Gasteiger partial charge is 0.309 e. The van der Waals surface area contributed by atoms with Gasteiger partial charge in [-0.25, -0.2) is 0 Å². The second-order valence-electron chi connectivity index (χ2n) is 4.45. The lowest BCUT2D eigenvalue weighted by atomic mass is 9.78. The minimum atomic E-state index is -1.03. The Bertz CT molecular complexity index is 231. The topological polar surface area (TPSA) is 60.8 Å². The van der Waals surface area contributed by atoms with Crippen molar-refractivity contribution < 1.29 is 15.0 Å². The summed E-state index contributed by atoms with van der Waals surface area (Å²) in [6.07, 6.45) is 1.08. The predicted octanol–water partition coefficient (Wildman–Crippen LogP) is 0.552. The molecule has 1 saturated heterocycles. The SMILES string of the molecule is CC1CC(O)(C(C)C(=O)O)CCN1C. The summed E-state index contributed by atoms with van der Waals surface area (Å²) in [5.74, 6) is -1.59. The van der Waals surface area contributed by atoms with Gasteiger partial charge in [-0.2, -0.15) is 0 Å². The standard InChI is InChI=1S/C10H19NO3/c1-7-6-10(14,4-5-11(7)3)8(2)9(12)13/h7-8,14H,4-6H2,1-3H3,(H,12,13). The van der Waals surface area contributed by atoms with Crippen molar-refractivity contribution >= 4 is 5.97 Å². The molecule has 14 heavy (non-hydrogen) atoms. The van der Waals surface area contributed by atoms with Crippen LogP contribution in [-0.2, 0) is 4.79 Å². The van der Waals surface area contributed by atoms with E-state index in [4.69, 9.17) is 5.11 Å². The molecule has 0 aliphatic carbocycles. The molecule has 2 N–H and O–H groups in total. The summed E-state index contributed by atoms with van der Waals surface area (Å²) in [7, 11) is 2.00. The molecule has 1 heterocycles. The summed E-state index contributed by atoms with van der Waals surface area (Å²) < 4.78 is 0. The number of piperidine rings is 1. The lowest BCUT2D eigenvalue weighted by molar-refractivity contribution is -0.155. The van der Waals surface area contributed by atoms with Gasteiger partial charge in [-0.15, -0.1) is 0 Å². The van der Waals surface area contributed by atoms with E-state index in [9.17, 15) is 9.90 Å². The first-order valence-electron chi connectivity index (χ1n) is 5.02. The van der Waals surface area contributed by atoms with Crippen molar-refractivity contribution in [1.29, 1.82) is 0 Å². The Morgan fingerprint density at radius 2 is 2.21 bits per heavy atom. The highest BCUT2D eigenvalue weighted by Gasteiger charge is 2.42. The van der Waals surface area contributed by atoms with Crippen LogP contribution in [0, 0.1) is 5.92 Å². The summed E-state index contributed by atoms with van der Waals surface area (Å²) in [6.45, 7) is 4.36. The number of rotatable bonds is 2. The van der Waals surface area contributed by atoms with Crippen LogP contribution in [0.2, 0.25) is 0 Å². The molecule has 0 spiro atoms. The van der Waals surface area contributed by atoms with Gasteiger partial charge in [0.2, 0.25) is 0 Å². The van der Waals surface area contributed by atoms with E-state index in [0.29, 0.717) is 12.8 Å². The van der Waals surface area contributed by atoms with Gasteiger partial charge >= 0.3 is 5.97 Å². The third-order valence-corrected chi connectivity index (χ3v) is 3.48. The van der Waals surface area contributed by atoms with Gasteiger partial charge in [0.1, 0.15) is 0 Å². The molecule has 0 bridgehead atoms. The van der Waals surface area contributed by atoms with Crippen molar-refractivity contribution in [3.05, 3.63) is 0 Å². The number of aliphatic carboxylic acids is 1. The molecule has 4 nitrogen and oxygen atoms in total. The average molecular weight is 201 g/mol. The van der Waals surface area contributed by atoms with Gasteiger partial charge in [-0.05, 0) is 33.7 Å². The van der Waals surface area contributed by atoms with E-state index in [1.54, 1.807) is 6.92 Å². The predicted molar refractivity (Wildman–Crippen MR) is 53.1 cm³/mol. The summed E-state index contributed by atoms with van der Waals surface area (Å²) >= 11 is 0. The van der Waals surface area contributed by atoms with Crippen molar-refractivity contribution in [3.8, 4) is 0 Å². The van der Waals surface area contributed by atoms with Crippen molar-refractivity contribution in [1.82, 2.24) is 4.90 Å². The van der Waals surface area contributed by atoms with E-state index in [1.165, 1.54) is 0 Å². The second-order valence-corrected chi connectivity index (χ2v) is 4.45. The Morgan fingerprint density at radius 1 is 1.64 bits per heavy atom. The van der Waals surface area contributed by atoms with E-state index in [2.05, 4.69) is 4.90 Å². The lowest BCUT2D eigenvalue weighted by Gasteiger charge is -2.42. The summed E-state index contributed by atoms with van der Waals surface area (Å²) in [6, 6.07) is 0.246. The van der Waals surface area contributed by atoms with E-state index < -0.39 is 17.5 Å². The van der Waals surface area contributed by atoms with Crippen LogP contribution in [0.15, 0.2) is 0 Å². The number of carbonyl (C=O) groups is 1. The number of carboxylic acids is 1. The van der Waals surface area contributed by atoms with E-state index in [-0.39, 0.29) is 6.04 Å². The fourth-order valence-electron chi connectivity index (χ4n) is 1.98. The molecule has 3 atom stereocenters. The summed E-state index contributed by atoms with van der Waals surface area (Å²) in [5.41, 5.74) is -1.03. The van der Waals surface area contributed by atoms with E-state index in [1.807, 2.05) is 14.0 Å². The minimum Gasteiger partial charge on any atom is -0.481 e. The Hall–Kier alpha value is -0.610. The number of carboxylic acid groups (broad SMARTS) is 1. The van der Waals surface area contributed by atoms with Gasteiger partial charge < -0.3 is 15.1 Å². The second kappa shape index (κ2) is 3.87. The number of aliphatic hydroxyl groups is 1. The minimum absolute atomic E-state index is 0.246. The molecular formula is C10H19NO3. The number of likely N-dealkylation sites (tertiary alicyclic amines) is 1. The maximum atomic E-state index is 10.8. The van der Waals surface area contributed by atoms with Crippen molar-refractivity contribution in [2.45, 2.75) is 38.3 Å². The van der Waals surface area contributed by atoms with Gasteiger partial charge in [-0.1, -0.05) is 0 Å². The van der Waals surface area contributed by atoms with Crippen molar-refractivity contribution in [3.63, 3.8) is 0 Å². The molecule has 0 radical (unpaired) electrons. The highest BCUT2D eigenvalue weighted by atomic mass is 16.4. The Morgan fingerprint density at radius 3 is 2.64 bits per heavy atom. The van der Waals surface area contributed by atoms with Gasteiger partial charge in [-0.3, -0.25) is 4.79 Å². The monoisotopic (exact) mass is 201 g/mol. The van der Waals surface area contributed by atoms with Crippen LogP contribution in [0.4, 0.5) is 0 Å². The van der Waals surface area contributed by atoms with Crippen LogP contribution in [0.5, 0.6) is 0 Å². The maximum Gasteiger partial charge on any atom is 0.309 e. The first-order chi connectivity index (χ1) is 6.37. The molecule has 0 aromatic rings. The van der Waals surface area contributed by atoms with Crippen LogP contribution >= 0.6 is 0 Å². The molecule has 1 aliphatic heterocycles. The highest BCUT2D eigenvalue weighted by molar-refractivity contribution is 5.71. The molecule has 3 unspecified atom stereocenters. The first-order valence-corrected chi connectivity index (χ1v) is 5.02. The fourth-order valence-corrected chi connectivity index (χ4v) is 1.98. The van der Waals surface area contributed by atoms with Crippen molar-refractivity contribution in [2.24, 2.45) is 5.92 Å². The third-order valence-electron chi connectivity index (χ3n) is 3.48. The quantitative estimate of drug-likeness (QED) is 0.685. The van der Waals surface area contributed by atoms with Gasteiger partial charge in [0.05, 0.1) is 11.5 Å². The van der Waals surface area contributed by atoms with Gasteiger partial charge in [0.15, 0.2) is 0 Å². The molecule has 0 aromatic carbocycles. The first kappa shape index (κ1) is 11.5. The molecule has 1 fully saturated rings. The fraction of sp³-hybridized carbons (Fsp3) is 0.900. The zero-order valence-electron chi connectivity index (χ0n) is 9.03. The average Bonchev–Trinajstić information content (AvgIpc) is 2.11. The molecule has 0 amide bonds. The zero-order valence-corrected chi connectivity index (χ0v) is 9.03. The lowest BCUT2D eigenvalue weighted by Crippen LogP contribution is -2.52. The Kier molecular flexibility index (Phi) is 3.17. The number of nitrogens with zero attached hydrogens (tertiary/aromatic N) is 1. The number of hydrogen-bond donors (Lipinski definition) is 2. The normalized spacial score (nSPS) is 36.7. The van der Waals surface area contributed by atoms with Crippen molar-refractivity contribution in [2.75, 3.05) is 13.6 Å². The highest BCUT2D eigenvalue weighted by Crippen LogP contribution is 2.32. The molecule has 82 valence electrons. The molecule has 1 rings (SSSR count). The van der Waals surface area contributed by atoms with Crippen LogP contribution < -0.4 is 0 Å². The Balaban J connectivity index is 2.71. The molecular weight excluding hydrogens is 182 g/mol.